The molecule has 1 aliphatic heterocycles. The zero-order chi connectivity index (χ0) is 16.8. The fourth-order valence-corrected chi connectivity index (χ4v) is 3.69. The maximum absolute atomic E-state index is 11.9. The molecule has 1 aromatic rings. The van der Waals surface area contributed by atoms with Crippen molar-refractivity contribution in [1.82, 2.24) is 9.55 Å². The molecule has 8 heteroatoms. The molecule has 1 saturated heterocycles. The number of hydrogen-bond acceptors (Lipinski definition) is 6. The van der Waals surface area contributed by atoms with Gasteiger partial charge in [-0.3, -0.25) is 19.1 Å². The van der Waals surface area contributed by atoms with Crippen LogP contribution in [0.5, 0.6) is 0 Å². The quantitative estimate of drug-likeness (QED) is 0.742. The predicted octanol–water partition coefficient (Wildman–Crippen LogP) is 0.941. The Morgan fingerprint density at radius 1 is 1.52 bits per heavy atom. The van der Waals surface area contributed by atoms with Crippen LogP contribution in [0, 0.1) is 0 Å². The van der Waals surface area contributed by atoms with E-state index in [2.05, 4.69) is 4.98 Å². The molecule has 0 saturated carbocycles. The number of carbonyl (C=O) groups excluding carboxylic acids is 1. The molecule has 0 bridgehead atoms. The molecule has 0 spiro atoms. The van der Waals surface area contributed by atoms with E-state index in [-0.39, 0.29) is 30.0 Å². The van der Waals surface area contributed by atoms with Gasteiger partial charge in [0, 0.05) is 25.4 Å². The summed E-state index contributed by atoms with van der Waals surface area (Å²) in [6.07, 6.45) is 3.56. The molecule has 0 radical (unpaired) electrons. The number of carbonyl (C=O) groups is 1. The molecule has 1 N–H and O–H groups in total. The summed E-state index contributed by atoms with van der Waals surface area (Å²) in [7, 11) is 1.55. The molecular formula is C15H22N2O5S. The van der Waals surface area contributed by atoms with Crippen LogP contribution in [-0.4, -0.2) is 46.3 Å². The highest BCUT2D eigenvalue weighted by atomic mass is 32.2. The van der Waals surface area contributed by atoms with Gasteiger partial charge in [0.25, 0.3) is 5.56 Å². The molecule has 0 amide bonds. The van der Waals surface area contributed by atoms with E-state index in [1.54, 1.807) is 18.9 Å². The first-order valence-corrected chi connectivity index (χ1v) is 8.68. The molecule has 1 aliphatic rings. The average molecular weight is 342 g/mol. The second-order valence-electron chi connectivity index (χ2n) is 5.59. The summed E-state index contributed by atoms with van der Waals surface area (Å²) in [5.74, 6) is 0.808. The lowest BCUT2D eigenvalue weighted by molar-refractivity contribution is -0.146. The molecule has 2 rings (SSSR count). The minimum absolute atomic E-state index is 0.0632. The molecule has 1 aromatic heterocycles. The van der Waals surface area contributed by atoms with E-state index < -0.39 is 11.2 Å². The number of ether oxygens (including phenoxy) is 2. The second-order valence-corrected chi connectivity index (χ2v) is 6.90. The number of nitrogens with zero attached hydrogens (tertiary/aromatic N) is 1. The van der Waals surface area contributed by atoms with Gasteiger partial charge in [-0.1, -0.05) is 0 Å². The summed E-state index contributed by atoms with van der Waals surface area (Å²) in [6, 6.07) is 1.11. The van der Waals surface area contributed by atoms with E-state index in [1.807, 2.05) is 6.92 Å². The molecule has 23 heavy (non-hydrogen) atoms. The van der Waals surface area contributed by atoms with Crippen molar-refractivity contribution in [3.8, 4) is 0 Å². The minimum Gasteiger partial charge on any atom is -0.462 e. The van der Waals surface area contributed by atoms with Crippen LogP contribution in [0.2, 0.25) is 0 Å². The number of rotatable bonds is 7. The van der Waals surface area contributed by atoms with Gasteiger partial charge in [0.2, 0.25) is 0 Å². The normalized spacial score (nSPS) is 20.2. The van der Waals surface area contributed by atoms with Crippen molar-refractivity contribution in [2.45, 2.75) is 43.6 Å². The summed E-state index contributed by atoms with van der Waals surface area (Å²) < 4.78 is 12.1. The number of aromatic nitrogens is 2. The molecule has 0 aliphatic carbocycles. The van der Waals surface area contributed by atoms with Gasteiger partial charge >= 0.3 is 11.7 Å². The lowest BCUT2D eigenvalue weighted by Gasteiger charge is -2.21. The van der Waals surface area contributed by atoms with E-state index in [0.29, 0.717) is 6.42 Å². The number of thioether (sulfide) groups is 1. The Balaban J connectivity index is 1.89. The van der Waals surface area contributed by atoms with Crippen LogP contribution >= 0.6 is 11.8 Å². The Bertz CT molecular complexity index is 635. The Morgan fingerprint density at radius 2 is 2.30 bits per heavy atom. The molecule has 1 fully saturated rings. The van der Waals surface area contributed by atoms with Gasteiger partial charge in [-0.25, -0.2) is 4.79 Å². The lowest BCUT2D eigenvalue weighted by Crippen LogP contribution is -2.33. The fourth-order valence-electron chi connectivity index (χ4n) is 2.53. The molecule has 0 aromatic carbocycles. The number of H-pyrrole nitrogens is 1. The van der Waals surface area contributed by atoms with Gasteiger partial charge in [-0.05, 0) is 31.9 Å². The van der Waals surface area contributed by atoms with Crippen LogP contribution in [0.3, 0.4) is 0 Å². The second kappa shape index (κ2) is 8.35. The van der Waals surface area contributed by atoms with Crippen molar-refractivity contribution in [3.63, 3.8) is 0 Å². The molecule has 2 heterocycles. The van der Waals surface area contributed by atoms with Crippen LogP contribution in [0.15, 0.2) is 21.9 Å². The summed E-state index contributed by atoms with van der Waals surface area (Å²) in [5, 5.41) is -0.0632. The van der Waals surface area contributed by atoms with Crippen molar-refractivity contribution in [2.75, 3.05) is 19.5 Å². The molecule has 128 valence electrons. The maximum atomic E-state index is 11.9. The standard InChI is InChI=1S/C15H22N2O5S/c1-10(17-6-5-13(18)16-15(17)20)8-11(21-2)9-22-14(19)12-4-3-7-23-12/h5-6,10-12H,3-4,7-9H2,1-2H3,(H,16,18,20). The van der Waals surface area contributed by atoms with Crippen LogP contribution in [0.25, 0.3) is 0 Å². The summed E-state index contributed by atoms with van der Waals surface area (Å²) in [6.45, 7) is 2.01. The highest BCUT2D eigenvalue weighted by molar-refractivity contribution is 8.00. The number of hydrogen-bond donors (Lipinski definition) is 1. The largest absolute Gasteiger partial charge is 0.462 e. The zero-order valence-electron chi connectivity index (χ0n) is 13.3. The van der Waals surface area contributed by atoms with E-state index in [9.17, 15) is 14.4 Å². The molecule has 3 unspecified atom stereocenters. The fraction of sp³-hybridized carbons (Fsp3) is 0.667. The van der Waals surface area contributed by atoms with Gasteiger partial charge in [0.05, 0.1) is 6.10 Å². The van der Waals surface area contributed by atoms with Crippen molar-refractivity contribution in [3.05, 3.63) is 33.1 Å². The minimum atomic E-state index is -0.459. The molecule has 3 atom stereocenters. The van der Waals surface area contributed by atoms with E-state index >= 15 is 0 Å². The number of esters is 1. The Kier molecular flexibility index (Phi) is 6.47. The van der Waals surface area contributed by atoms with Crippen molar-refractivity contribution in [1.29, 1.82) is 0 Å². The van der Waals surface area contributed by atoms with Gasteiger partial charge in [-0.2, -0.15) is 0 Å². The Morgan fingerprint density at radius 3 is 2.91 bits per heavy atom. The third-order valence-electron chi connectivity index (χ3n) is 3.87. The zero-order valence-corrected chi connectivity index (χ0v) is 14.1. The van der Waals surface area contributed by atoms with Crippen molar-refractivity contribution >= 4 is 17.7 Å². The van der Waals surface area contributed by atoms with E-state index in [4.69, 9.17) is 9.47 Å². The van der Waals surface area contributed by atoms with E-state index in [0.717, 1.165) is 18.6 Å². The average Bonchev–Trinajstić information content (AvgIpc) is 3.05. The Hall–Kier alpha value is -1.54. The maximum Gasteiger partial charge on any atom is 0.328 e. The first kappa shape index (κ1) is 17.8. The van der Waals surface area contributed by atoms with Gasteiger partial charge in [0.15, 0.2) is 0 Å². The first-order chi connectivity index (χ1) is 11.0. The number of methoxy groups -OCH3 is 1. The van der Waals surface area contributed by atoms with Crippen LogP contribution in [0.1, 0.15) is 32.2 Å². The highest BCUT2D eigenvalue weighted by Gasteiger charge is 2.26. The highest BCUT2D eigenvalue weighted by Crippen LogP contribution is 2.27. The summed E-state index contributed by atoms with van der Waals surface area (Å²) in [5.41, 5.74) is -0.885. The number of aromatic amines is 1. The topological polar surface area (TPSA) is 90.4 Å². The smallest absolute Gasteiger partial charge is 0.328 e. The Labute approximate surface area is 138 Å². The summed E-state index contributed by atoms with van der Waals surface area (Å²) >= 11 is 1.63. The number of nitrogens with one attached hydrogen (secondary N) is 1. The SMILES string of the molecule is COC(COC(=O)C1CCCS1)CC(C)n1ccc(=O)[nH]c1=O. The lowest BCUT2D eigenvalue weighted by atomic mass is 10.1. The monoisotopic (exact) mass is 342 g/mol. The van der Waals surface area contributed by atoms with Crippen LogP contribution in [-0.2, 0) is 14.3 Å². The predicted molar refractivity (Wildman–Crippen MR) is 87.9 cm³/mol. The van der Waals surface area contributed by atoms with Crippen molar-refractivity contribution in [2.24, 2.45) is 0 Å². The van der Waals surface area contributed by atoms with Crippen LogP contribution < -0.4 is 11.2 Å². The third-order valence-corrected chi connectivity index (χ3v) is 5.22. The van der Waals surface area contributed by atoms with Gasteiger partial charge < -0.3 is 9.47 Å². The van der Waals surface area contributed by atoms with Gasteiger partial charge in [-0.15, -0.1) is 11.8 Å². The first-order valence-electron chi connectivity index (χ1n) is 7.63. The van der Waals surface area contributed by atoms with Gasteiger partial charge in [0.1, 0.15) is 11.9 Å². The third kappa shape index (κ3) is 4.97. The van der Waals surface area contributed by atoms with Crippen LogP contribution in [0.4, 0.5) is 0 Å². The molecular weight excluding hydrogens is 320 g/mol. The van der Waals surface area contributed by atoms with E-state index in [1.165, 1.54) is 16.8 Å². The summed E-state index contributed by atoms with van der Waals surface area (Å²) in [4.78, 5) is 37.0. The molecule has 7 nitrogen and oxygen atoms in total. The van der Waals surface area contributed by atoms with Crippen molar-refractivity contribution < 1.29 is 14.3 Å².